The van der Waals surface area contributed by atoms with Crippen LogP contribution in [0.2, 0.25) is 0 Å². The molecule has 0 heterocycles. The molecule has 0 amide bonds. The third kappa shape index (κ3) is 7.51. The molecule has 0 saturated carbocycles. The number of rotatable bonds is 7. The summed E-state index contributed by atoms with van der Waals surface area (Å²) in [4.78, 5) is 4.63. The van der Waals surface area contributed by atoms with Crippen LogP contribution < -0.4 is 16.6 Å². The summed E-state index contributed by atoms with van der Waals surface area (Å²) in [5, 5.41) is 3.21. The van der Waals surface area contributed by atoms with E-state index in [0.717, 1.165) is 19.3 Å². The van der Waals surface area contributed by atoms with Crippen LogP contribution in [0.4, 0.5) is 0 Å². The molecule has 16 heavy (non-hydrogen) atoms. The highest BCUT2D eigenvalue weighted by Gasteiger charge is 2.07. The van der Waals surface area contributed by atoms with E-state index >= 15 is 0 Å². The van der Waals surface area contributed by atoms with Crippen LogP contribution in [-0.2, 0) is 0 Å². The topological polar surface area (TPSA) is 62.4 Å². The molecule has 0 aromatic heterocycles. The van der Waals surface area contributed by atoms with Gasteiger partial charge < -0.3 is 5.32 Å². The SMILES string of the molecule is CCCCC(CCC)N=C(NN)NC(C)C. The van der Waals surface area contributed by atoms with Gasteiger partial charge in [0.15, 0.2) is 0 Å². The second-order valence-corrected chi connectivity index (χ2v) is 4.51. The zero-order valence-corrected chi connectivity index (χ0v) is 11.2. The van der Waals surface area contributed by atoms with E-state index in [2.05, 4.69) is 43.4 Å². The molecule has 4 N–H and O–H groups in total. The molecule has 0 aliphatic carbocycles. The smallest absolute Gasteiger partial charge is 0.206 e. The van der Waals surface area contributed by atoms with Crippen molar-refractivity contribution in [3.8, 4) is 0 Å². The standard InChI is InChI=1S/C12H28N4/c1-5-7-9-11(8-6-2)15-12(16-13)14-10(3)4/h10-11H,5-9,13H2,1-4H3,(H2,14,15,16). The van der Waals surface area contributed by atoms with Crippen molar-refractivity contribution in [2.45, 2.75) is 71.9 Å². The first-order valence-corrected chi connectivity index (χ1v) is 6.44. The zero-order chi connectivity index (χ0) is 12.4. The van der Waals surface area contributed by atoms with Gasteiger partial charge in [0.1, 0.15) is 0 Å². The van der Waals surface area contributed by atoms with E-state index in [1.165, 1.54) is 12.8 Å². The van der Waals surface area contributed by atoms with Gasteiger partial charge in [0.25, 0.3) is 0 Å². The number of nitrogens with two attached hydrogens (primary N) is 1. The Balaban J connectivity index is 4.31. The molecule has 1 atom stereocenters. The molecule has 4 heteroatoms. The van der Waals surface area contributed by atoms with Crippen LogP contribution in [0.5, 0.6) is 0 Å². The minimum Gasteiger partial charge on any atom is -0.353 e. The molecule has 1 unspecified atom stereocenters. The summed E-state index contributed by atoms with van der Waals surface area (Å²) in [7, 11) is 0. The Kier molecular flexibility index (Phi) is 9.00. The Bertz CT molecular complexity index is 189. The van der Waals surface area contributed by atoms with Crippen molar-refractivity contribution in [1.29, 1.82) is 0 Å². The fourth-order valence-corrected chi connectivity index (χ4v) is 1.62. The number of hydrazine groups is 1. The van der Waals surface area contributed by atoms with Crippen LogP contribution >= 0.6 is 0 Å². The molecular formula is C12H28N4. The van der Waals surface area contributed by atoms with Gasteiger partial charge in [-0.05, 0) is 26.7 Å². The maximum Gasteiger partial charge on any atom is 0.206 e. The van der Waals surface area contributed by atoms with Crippen LogP contribution in [0.1, 0.15) is 59.8 Å². The third-order valence-corrected chi connectivity index (χ3v) is 2.39. The van der Waals surface area contributed by atoms with Gasteiger partial charge >= 0.3 is 0 Å². The predicted octanol–water partition coefficient (Wildman–Crippen LogP) is 2.16. The lowest BCUT2D eigenvalue weighted by atomic mass is 10.1. The minimum absolute atomic E-state index is 0.350. The Morgan fingerprint density at radius 1 is 1.19 bits per heavy atom. The van der Waals surface area contributed by atoms with Crippen molar-refractivity contribution >= 4 is 5.96 Å². The van der Waals surface area contributed by atoms with Gasteiger partial charge in [-0.1, -0.05) is 33.1 Å². The number of aliphatic imine (C=N–C) groups is 1. The molecule has 0 aromatic carbocycles. The highest BCUT2D eigenvalue weighted by molar-refractivity contribution is 5.79. The zero-order valence-electron chi connectivity index (χ0n) is 11.2. The number of hydrogen-bond donors (Lipinski definition) is 3. The maximum absolute atomic E-state index is 5.45. The molecule has 0 bridgehead atoms. The summed E-state index contributed by atoms with van der Waals surface area (Å²) in [5.74, 6) is 6.16. The van der Waals surface area contributed by atoms with E-state index in [0.29, 0.717) is 18.0 Å². The van der Waals surface area contributed by atoms with Crippen molar-refractivity contribution in [2.75, 3.05) is 0 Å². The monoisotopic (exact) mass is 228 g/mol. The quantitative estimate of drug-likeness (QED) is 0.271. The van der Waals surface area contributed by atoms with E-state index in [9.17, 15) is 0 Å². The lowest BCUT2D eigenvalue weighted by Gasteiger charge is -2.16. The fraction of sp³-hybridized carbons (Fsp3) is 0.917. The van der Waals surface area contributed by atoms with Crippen LogP contribution in [0.15, 0.2) is 4.99 Å². The number of unbranched alkanes of at least 4 members (excludes halogenated alkanes) is 1. The second kappa shape index (κ2) is 9.46. The predicted molar refractivity (Wildman–Crippen MR) is 71.3 cm³/mol. The van der Waals surface area contributed by atoms with E-state index in [1.54, 1.807) is 0 Å². The van der Waals surface area contributed by atoms with Crippen LogP contribution in [0.25, 0.3) is 0 Å². The maximum atomic E-state index is 5.45. The molecule has 0 aliphatic rings. The van der Waals surface area contributed by atoms with E-state index in [-0.39, 0.29) is 0 Å². The van der Waals surface area contributed by atoms with Crippen molar-refractivity contribution in [1.82, 2.24) is 10.7 Å². The Labute approximate surface area is 100 Å². The molecule has 0 fully saturated rings. The first-order chi connectivity index (χ1) is 7.63. The minimum atomic E-state index is 0.350. The molecule has 4 nitrogen and oxygen atoms in total. The average molecular weight is 228 g/mol. The van der Waals surface area contributed by atoms with Crippen LogP contribution in [0.3, 0.4) is 0 Å². The largest absolute Gasteiger partial charge is 0.353 e. The van der Waals surface area contributed by atoms with Gasteiger partial charge in [0.05, 0.1) is 6.04 Å². The van der Waals surface area contributed by atoms with Crippen LogP contribution in [0, 0.1) is 0 Å². The fourth-order valence-electron chi connectivity index (χ4n) is 1.62. The summed E-state index contributed by atoms with van der Waals surface area (Å²) in [6.07, 6.45) is 5.89. The van der Waals surface area contributed by atoms with E-state index in [1.807, 2.05) is 0 Å². The number of nitrogens with one attached hydrogen (secondary N) is 2. The van der Waals surface area contributed by atoms with Crippen molar-refractivity contribution in [2.24, 2.45) is 10.8 Å². The molecule has 0 saturated heterocycles. The lowest BCUT2D eigenvalue weighted by molar-refractivity contribution is 0.530. The number of guanidine groups is 1. The summed E-state index contributed by atoms with van der Waals surface area (Å²) >= 11 is 0. The first kappa shape index (κ1) is 15.2. The lowest BCUT2D eigenvalue weighted by Crippen LogP contribution is -2.45. The van der Waals surface area contributed by atoms with E-state index < -0.39 is 0 Å². The Morgan fingerprint density at radius 2 is 1.88 bits per heavy atom. The number of nitrogens with zero attached hydrogens (tertiary/aromatic N) is 1. The summed E-state index contributed by atoms with van der Waals surface area (Å²) in [5.41, 5.74) is 2.64. The van der Waals surface area contributed by atoms with Gasteiger partial charge in [-0.15, -0.1) is 0 Å². The van der Waals surface area contributed by atoms with Crippen molar-refractivity contribution in [3.05, 3.63) is 0 Å². The van der Waals surface area contributed by atoms with Crippen molar-refractivity contribution < 1.29 is 0 Å². The number of hydrogen-bond acceptors (Lipinski definition) is 2. The average Bonchev–Trinajstić information content (AvgIpc) is 2.24. The molecule has 0 radical (unpaired) electrons. The normalized spacial score (nSPS) is 14.0. The Morgan fingerprint density at radius 3 is 2.31 bits per heavy atom. The molecule has 0 spiro atoms. The molecular weight excluding hydrogens is 200 g/mol. The summed E-state index contributed by atoms with van der Waals surface area (Å²) in [6.45, 7) is 8.56. The molecule has 0 aromatic rings. The summed E-state index contributed by atoms with van der Waals surface area (Å²) in [6, 6.07) is 0.741. The van der Waals surface area contributed by atoms with Crippen molar-refractivity contribution in [3.63, 3.8) is 0 Å². The van der Waals surface area contributed by atoms with Crippen LogP contribution in [-0.4, -0.2) is 18.0 Å². The Hall–Kier alpha value is -0.770. The highest BCUT2D eigenvalue weighted by atomic mass is 15.3. The summed E-state index contributed by atoms with van der Waals surface area (Å²) < 4.78 is 0. The molecule has 0 rings (SSSR count). The first-order valence-electron chi connectivity index (χ1n) is 6.44. The van der Waals surface area contributed by atoms with E-state index in [4.69, 9.17) is 5.84 Å². The van der Waals surface area contributed by atoms with Gasteiger partial charge in [0.2, 0.25) is 5.96 Å². The van der Waals surface area contributed by atoms with Gasteiger partial charge in [-0.25, -0.2) is 10.8 Å². The van der Waals surface area contributed by atoms with Gasteiger partial charge in [-0.3, -0.25) is 5.43 Å². The third-order valence-electron chi connectivity index (χ3n) is 2.39. The molecule has 0 aliphatic heterocycles. The van der Waals surface area contributed by atoms with Gasteiger partial charge in [0, 0.05) is 6.04 Å². The van der Waals surface area contributed by atoms with Gasteiger partial charge in [-0.2, -0.15) is 0 Å². The second-order valence-electron chi connectivity index (χ2n) is 4.51. The highest BCUT2D eigenvalue weighted by Crippen LogP contribution is 2.10. The molecule has 96 valence electrons.